The molecule has 21 heavy (non-hydrogen) atoms. The molecule has 0 aromatic carbocycles. The van der Waals surface area contributed by atoms with Crippen LogP contribution in [0.5, 0.6) is 0 Å². The van der Waals surface area contributed by atoms with Crippen molar-refractivity contribution in [3.63, 3.8) is 0 Å². The molecule has 9 nitrogen and oxygen atoms in total. The molecule has 2 aliphatic heterocycles. The molecule has 1 aromatic heterocycles. The van der Waals surface area contributed by atoms with Gasteiger partial charge in [0, 0.05) is 32.2 Å². The van der Waals surface area contributed by atoms with Gasteiger partial charge in [-0.2, -0.15) is 0 Å². The Balaban J connectivity index is 1.53. The minimum Gasteiger partial charge on any atom is -0.476 e. The average molecular weight is 294 g/mol. The summed E-state index contributed by atoms with van der Waals surface area (Å²) in [5, 5.41) is 16.2. The summed E-state index contributed by atoms with van der Waals surface area (Å²) in [7, 11) is 0. The van der Waals surface area contributed by atoms with Crippen LogP contribution in [-0.2, 0) is 0 Å². The lowest BCUT2D eigenvalue weighted by molar-refractivity contribution is 0.0689. The number of aromatic carboxylic acids is 1. The maximum absolute atomic E-state index is 12.2. The van der Waals surface area contributed by atoms with Gasteiger partial charge in [-0.15, -0.1) is 5.10 Å². The van der Waals surface area contributed by atoms with Crippen LogP contribution in [-0.4, -0.2) is 74.1 Å². The lowest BCUT2D eigenvalue weighted by Crippen LogP contribution is -2.57. The highest BCUT2D eigenvalue weighted by Gasteiger charge is 2.36. The monoisotopic (exact) mass is 294 g/mol. The van der Waals surface area contributed by atoms with Crippen molar-refractivity contribution in [2.75, 3.05) is 26.2 Å². The van der Waals surface area contributed by atoms with Gasteiger partial charge in [-0.1, -0.05) is 5.21 Å². The van der Waals surface area contributed by atoms with Crippen molar-refractivity contribution >= 4 is 12.0 Å². The van der Waals surface area contributed by atoms with E-state index in [0.717, 1.165) is 12.8 Å². The number of carboxylic acid groups (broad SMARTS) is 1. The maximum atomic E-state index is 12.2. The molecular formula is C12H18N6O3. The Morgan fingerprint density at radius 1 is 1.24 bits per heavy atom. The summed E-state index contributed by atoms with van der Waals surface area (Å²) in [5.74, 6) is -1.10. The summed E-state index contributed by atoms with van der Waals surface area (Å²) >= 11 is 0. The molecule has 9 heteroatoms. The fourth-order valence-electron chi connectivity index (χ4n) is 2.62. The fourth-order valence-corrected chi connectivity index (χ4v) is 2.62. The predicted molar refractivity (Wildman–Crippen MR) is 71.8 cm³/mol. The van der Waals surface area contributed by atoms with E-state index in [0.29, 0.717) is 26.2 Å². The first kappa shape index (κ1) is 13.8. The second-order valence-corrected chi connectivity index (χ2v) is 5.55. The molecule has 0 atom stereocenters. The number of carbonyl (C=O) groups is 2. The molecule has 3 N–H and O–H groups in total. The SMILES string of the molecule is NC1CCN(C(=O)N2CC(n3cc(C(=O)O)nn3)C2)CC1. The minimum absolute atomic E-state index is 0.00148. The van der Waals surface area contributed by atoms with E-state index >= 15 is 0 Å². The number of rotatable bonds is 2. The topological polar surface area (TPSA) is 118 Å². The van der Waals surface area contributed by atoms with E-state index in [4.69, 9.17) is 10.8 Å². The highest BCUT2D eigenvalue weighted by Crippen LogP contribution is 2.23. The molecule has 0 aliphatic carbocycles. The van der Waals surface area contributed by atoms with Crippen molar-refractivity contribution in [3.05, 3.63) is 11.9 Å². The fraction of sp³-hybridized carbons (Fsp3) is 0.667. The van der Waals surface area contributed by atoms with Crippen molar-refractivity contribution < 1.29 is 14.7 Å². The summed E-state index contributed by atoms with van der Waals surface area (Å²) in [5.41, 5.74) is 5.75. The number of aromatic nitrogens is 3. The van der Waals surface area contributed by atoms with Gasteiger partial charge in [0.1, 0.15) is 0 Å². The van der Waals surface area contributed by atoms with Crippen molar-refractivity contribution in [3.8, 4) is 0 Å². The van der Waals surface area contributed by atoms with Gasteiger partial charge in [0.25, 0.3) is 0 Å². The molecule has 2 aliphatic rings. The number of urea groups is 1. The molecule has 114 valence electrons. The number of nitrogens with two attached hydrogens (primary N) is 1. The van der Waals surface area contributed by atoms with Crippen LogP contribution in [0.1, 0.15) is 29.4 Å². The molecule has 2 fully saturated rings. The summed E-state index contributed by atoms with van der Waals surface area (Å²) in [6.45, 7) is 2.47. The summed E-state index contributed by atoms with van der Waals surface area (Å²) in [6, 6.07) is 0.223. The molecule has 0 saturated carbocycles. The van der Waals surface area contributed by atoms with E-state index in [9.17, 15) is 9.59 Å². The van der Waals surface area contributed by atoms with Crippen molar-refractivity contribution in [1.29, 1.82) is 0 Å². The van der Waals surface area contributed by atoms with Crippen LogP contribution in [0.25, 0.3) is 0 Å². The number of likely N-dealkylation sites (tertiary alicyclic amines) is 2. The Hall–Kier alpha value is -2.16. The Bertz CT molecular complexity index is 545. The van der Waals surface area contributed by atoms with Crippen molar-refractivity contribution in [2.45, 2.75) is 24.9 Å². The summed E-state index contributed by atoms with van der Waals surface area (Å²) in [6.07, 6.45) is 3.08. The average Bonchev–Trinajstić information content (AvgIpc) is 2.87. The molecule has 2 saturated heterocycles. The third kappa shape index (κ3) is 2.68. The van der Waals surface area contributed by atoms with E-state index in [1.807, 2.05) is 4.90 Å². The van der Waals surface area contributed by atoms with Gasteiger partial charge in [0.15, 0.2) is 5.69 Å². The molecular weight excluding hydrogens is 276 g/mol. The van der Waals surface area contributed by atoms with E-state index in [2.05, 4.69) is 10.3 Å². The summed E-state index contributed by atoms with van der Waals surface area (Å²) < 4.78 is 1.51. The lowest BCUT2D eigenvalue weighted by atomic mass is 10.1. The van der Waals surface area contributed by atoms with Crippen molar-refractivity contribution in [2.24, 2.45) is 5.73 Å². The van der Waals surface area contributed by atoms with Crippen LogP contribution in [0.2, 0.25) is 0 Å². The third-order valence-corrected chi connectivity index (χ3v) is 4.05. The van der Waals surface area contributed by atoms with Gasteiger partial charge >= 0.3 is 12.0 Å². The molecule has 1 aromatic rings. The second-order valence-electron chi connectivity index (χ2n) is 5.55. The Morgan fingerprint density at radius 3 is 2.48 bits per heavy atom. The maximum Gasteiger partial charge on any atom is 0.358 e. The van der Waals surface area contributed by atoms with Crippen LogP contribution in [0.3, 0.4) is 0 Å². The quantitative estimate of drug-likeness (QED) is 0.750. The van der Waals surface area contributed by atoms with Crippen molar-refractivity contribution in [1.82, 2.24) is 24.8 Å². The second kappa shape index (κ2) is 5.32. The molecule has 2 amide bonds. The van der Waals surface area contributed by atoms with E-state index in [-0.39, 0.29) is 23.8 Å². The molecule has 0 spiro atoms. The standard InChI is InChI=1S/C12H18N6O3/c13-8-1-3-16(4-2-8)12(21)17-5-9(6-17)18-7-10(11(19)20)14-15-18/h7-9H,1-6,13H2,(H,19,20). The van der Waals surface area contributed by atoms with Gasteiger partial charge in [0.2, 0.25) is 0 Å². The summed E-state index contributed by atoms with van der Waals surface area (Å²) in [4.78, 5) is 26.6. The molecule has 3 rings (SSSR count). The molecule has 0 radical (unpaired) electrons. The normalized spacial score (nSPS) is 20.4. The smallest absolute Gasteiger partial charge is 0.358 e. The van der Waals surface area contributed by atoms with Gasteiger partial charge < -0.3 is 20.6 Å². The first-order valence-corrected chi connectivity index (χ1v) is 6.99. The molecule has 0 unspecified atom stereocenters. The molecule has 3 heterocycles. The van der Waals surface area contributed by atoms with Gasteiger partial charge in [-0.25, -0.2) is 14.3 Å². The zero-order chi connectivity index (χ0) is 15.0. The van der Waals surface area contributed by atoms with E-state index in [1.165, 1.54) is 10.9 Å². The Kier molecular flexibility index (Phi) is 3.50. The van der Waals surface area contributed by atoms with E-state index < -0.39 is 5.97 Å². The van der Waals surface area contributed by atoms with Crippen LogP contribution < -0.4 is 5.73 Å². The Morgan fingerprint density at radius 2 is 1.90 bits per heavy atom. The first-order chi connectivity index (χ1) is 10.0. The third-order valence-electron chi connectivity index (χ3n) is 4.05. The highest BCUT2D eigenvalue weighted by atomic mass is 16.4. The van der Waals surface area contributed by atoms with Crippen LogP contribution in [0, 0.1) is 0 Å². The van der Waals surface area contributed by atoms with Gasteiger partial charge in [-0.3, -0.25) is 0 Å². The zero-order valence-electron chi connectivity index (χ0n) is 11.6. The number of carboxylic acids is 1. The number of hydrogen-bond acceptors (Lipinski definition) is 5. The minimum atomic E-state index is -1.10. The van der Waals surface area contributed by atoms with Gasteiger partial charge in [0.05, 0.1) is 12.2 Å². The largest absolute Gasteiger partial charge is 0.476 e. The Labute approximate surface area is 121 Å². The number of carbonyl (C=O) groups excluding carboxylic acids is 1. The van der Waals surface area contributed by atoms with Crippen LogP contribution in [0.4, 0.5) is 4.79 Å². The number of piperidine rings is 1. The first-order valence-electron chi connectivity index (χ1n) is 6.99. The van der Waals surface area contributed by atoms with E-state index in [1.54, 1.807) is 4.90 Å². The zero-order valence-corrected chi connectivity index (χ0v) is 11.6. The number of amides is 2. The number of hydrogen-bond donors (Lipinski definition) is 2. The lowest BCUT2D eigenvalue weighted by Gasteiger charge is -2.42. The van der Waals surface area contributed by atoms with Crippen LogP contribution in [0.15, 0.2) is 6.20 Å². The van der Waals surface area contributed by atoms with Gasteiger partial charge in [-0.05, 0) is 12.8 Å². The highest BCUT2D eigenvalue weighted by molar-refractivity contribution is 5.84. The predicted octanol–water partition coefficient (Wildman–Crippen LogP) is -0.624. The van der Waals surface area contributed by atoms with Crippen LogP contribution >= 0.6 is 0 Å². The molecule has 0 bridgehead atoms. The number of nitrogens with zero attached hydrogens (tertiary/aromatic N) is 5.